The van der Waals surface area contributed by atoms with Gasteiger partial charge in [0.15, 0.2) is 17.5 Å². The number of nitrogens with zero attached hydrogens (tertiary/aromatic N) is 1. The summed E-state index contributed by atoms with van der Waals surface area (Å²) in [5.41, 5.74) is 0.314. The predicted octanol–water partition coefficient (Wildman–Crippen LogP) is 8.17. The van der Waals surface area contributed by atoms with E-state index in [0.717, 1.165) is 36.8 Å². The number of pyridine rings is 1. The summed E-state index contributed by atoms with van der Waals surface area (Å²) in [5.74, 6) is -9.29. The van der Waals surface area contributed by atoms with Gasteiger partial charge in [0, 0.05) is 23.9 Å². The average molecular weight is 495 g/mol. The summed E-state index contributed by atoms with van der Waals surface area (Å²) in [7, 11) is 0. The smallest absolute Gasteiger partial charge is 0.429 e. The molecule has 1 unspecified atom stereocenters. The quantitative estimate of drug-likeness (QED) is 0.254. The molecule has 1 aliphatic carbocycles. The van der Waals surface area contributed by atoms with Crippen molar-refractivity contribution in [2.45, 2.75) is 38.7 Å². The first-order chi connectivity index (χ1) is 16.6. The zero-order valence-corrected chi connectivity index (χ0v) is 18.5. The molecule has 0 saturated heterocycles. The Morgan fingerprint density at radius 1 is 0.914 bits per heavy atom. The van der Waals surface area contributed by atoms with Crippen molar-refractivity contribution in [1.82, 2.24) is 4.98 Å². The SMILES string of the molecule is CCC1CC=C(c2ccc(-c3cc(F)c(C(F)(F)Oc4cc(F)c(F)c(F)c4)c(F)c3)nc2)CC1. The van der Waals surface area contributed by atoms with E-state index in [2.05, 4.69) is 22.7 Å². The van der Waals surface area contributed by atoms with Crippen molar-refractivity contribution in [3.8, 4) is 17.0 Å². The Kier molecular flexibility index (Phi) is 6.87. The monoisotopic (exact) mass is 495 g/mol. The lowest BCUT2D eigenvalue weighted by atomic mass is 9.85. The van der Waals surface area contributed by atoms with Crippen molar-refractivity contribution in [3.05, 3.63) is 88.9 Å². The highest BCUT2D eigenvalue weighted by molar-refractivity contribution is 5.68. The van der Waals surface area contributed by atoms with Crippen LogP contribution in [0.2, 0.25) is 0 Å². The van der Waals surface area contributed by atoms with Gasteiger partial charge in [0.05, 0.1) is 5.69 Å². The van der Waals surface area contributed by atoms with E-state index in [1.807, 2.05) is 0 Å². The molecule has 4 rings (SSSR count). The molecule has 0 aliphatic heterocycles. The highest BCUT2D eigenvalue weighted by Gasteiger charge is 2.41. The maximum absolute atomic E-state index is 14.6. The van der Waals surface area contributed by atoms with Crippen molar-refractivity contribution < 1.29 is 35.5 Å². The van der Waals surface area contributed by atoms with E-state index in [1.165, 1.54) is 6.07 Å². The molecule has 2 aromatic carbocycles. The highest BCUT2D eigenvalue weighted by Crippen LogP contribution is 2.38. The molecule has 0 radical (unpaired) electrons. The van der Waals surface area contributed by atoms with E-state index >= 15 is 0 Å². The predicted molar refractivity (Wildman–Crippen MR) is 116 cm³/mol. The third kappa shape index (κ3) is 5.18. The van der Waals surface area contributed by atoms with E-state index in [4.69, 9.17) is 0 Å². The van der Waals surface area contributed by atoms with Gasteiger partial charge in [-0.05, 0) is 54.5 Å². The van der Waals surface area contributed by atoms with Crippen molar-refractivity contribution in [1.29, 1.82) is 0 Å². The number of allylic oxidation sites excluding steroid dienone is 2. The van der Waals surface area contributed by atoms with Gasteiger partial charge in [-0.25, -0.2) is 22.0 Å². The molecule has 3 aromatic rings. The van der Waals surface area contributed by atoms with Crippen molar-refractivity contribution in [3.63, 3.8) is 0 Å². The molecular formula is C26H20F7NO. The Bertz CT molecular complexity index is 1230. The number of hydrogen-bond donors (Lipinski definition) is 0. The van der Waals surface area contributed by atoms with Crippen LogP contribution in [0.25, 0.3) is 16.8 Å². The lowest BCUT2D eigenvalue weighted by Gasteiger charge is -2.21. The molecule has 184 valence electrons. The normalized spacial score (nSPS) is 16.2. The van der Waals surface area contributed by atoms with Crippen LogP contribution < -0.4 is 4.74 Å². The lowest BCUT2D eigenvalue weighted by Crippen LogP contribution is -2.25. The van der Waals surface area contributed by atoms with Gasteiger partial charge in [-0.3, -0.25) is 4.98 Å². The van der Waals surface area contributed by atoms with Crippen molar-refractivity contribution in [2.75, 3.05) is 0 Å². The molecule has 0 bridgehead atoms. The number of aromatic nitrogens is 1. The van der Waals surface area contributed by atoms with Crippen molar-refractivity contribution in [2.24, 2.45) is 5.92 Å². The van der Waals surface area contributed by atoms with Crippen LogP contribution in [0.5, 0.6) is 5.75 Å². The number of halogens is 7. The summed E-state index contributed by atoms with van der Waals surface area (Å²) >= 11 is 0. The van der Waals surface area contributed by atoms with Gasteiger partial charge in [-0.2, -0.15) is 8.78 Å². The summed E-state index contributed by atoms with van der Waals surface area (Å²) in [4.78, 5) is 4.22. The topological polar surface area (TPSA) is 22.1 Å². The van der Waals surface area contributed by atoms with Gasteiger partial charge < -0.3 is 4.74 Å². The van der Waals surface area contributed by atoms with Gasteiger partial charge in [-0.1, -0.05) is 25.5 Å². The molecule has 1 aliphatic rings. The Morgan fingerprint density at radius 3 is 2.09 bits per heavy atom. The zero-order chi connectivity index (χ0) is 25.3. The van der Waals surface area contributed by atoms with E-state index in [-0.39, 0.29) is 23.4 Å². The lowest BCUT2D eigenvalue weighted by molar-refractivity contribution is -0.189. The van der Waals surface area contributed by atoms with Gasteiger partial charge >= 0.3 is 6.11 Å². The molecule has 1 aromatic heterocycles. The van der Waals surface area contributed by atoms with Crippen molar-refractivity contribution >= 4 is 5.57 Å². The third-order valence-electron chi connectivity index (χ3n) is 6.06. The number of alkyl halides is 2. The van der Waals surface area contributed by atoms with Gasteiger partial charge in [-0.15, -0.1) is 0 Å². The third-order valence-corrected chi connectivity index (χ3v) is 6.06. The first kappa shape index (κ1) is 24.8. The van der Waals surface area contributed by atoms with E-state index in [9.17, 15) is 30.7 Å². The Morgan fingerprint density at radius 2 is 1.57 bits per heavy atom. The van der Waals surface area contributed by atoms with Gasteiger partial charge in [0.25, 0.3) is 0 Å². The molecule has 9 heteroatoms. The van der Waals surface area contributed by atoms with E-state index in [1.54, 1.807) is 12.3 Å². The maximum Gasteiger partial charge on any atom is 0.432 e. The van der Waals surface area contributed by atoms with E-state index < -0.39 is 46.5 Å². The number of rotatable bonds is 6. The largest absolute Gasteiger partial charge is 0.432 e. The van der Waals surface area contributed by atoms with Crippen LogP contribution in [-0.2, 0) is 6.11 Å². The summed E-state index contributed by atoms with van der Waals surface area (Å²) in [6.07, 6.45) is 3.11. The van der Waals surface area contributed by atoms with Gasteiger partial charge in [0.2, 0.25) is 0 Å². The second-order valence-corrected chi connectivity index (χ2v) is 8.34. The Hall–Kier alpha value is -3.36. The molecule has 0 fully saturated rings. The standard InChI is InChI=1S/C26H20F7NO/c1-2-14-3-5-15(6-4-14)16-7-8-23(34-13-16)17-9-19(27)24(20(28)10-17)26(32,33)35-18-11-21(29)25(31)22(30)12-18/h5,7-14H,2-4,6H2,1H3. The molecule has 0 saturated carbocycles. The van der Waals surface area contributed by atoms with Crippen LogP contribution in [0.1, 0.15) is 43.7 Å². The molecule has 1 atom stereocenters. The minimum atomic E-state index is -4.65. The second-order valence-electron chi connectivity index (χ2n) is 8.34. The van der Waals surface area contributed by atoms with Crippen LogP contribution in [0.4, 0.5) is 30.7 Å². The fraction of sp³-hybridized carbons (Fsp3) is 0.269. The molecule has 0 N–H and O–H groups in total. The molecule has 35 heavy (non-hydrogen) atoms. The summed E-state index contributed by atoms with van der Waals surface area (Å²) in [6.45, 7) is 2.15. The first-order valence-corrected chi connectivity index (χ1v) is 11.0. The fourth-order valence-corrected chi connectivity index (χ4v) is 4.07. The number of benzene rings is 2. The maximum atomic E-state index is 14.6. The molecule has 2 nitrogen and oxygen atoms in total. The van der Waals surface area contributed by atoms with Crippen LogP contribution in [0.15, 0.2) is 48.7 Å². The molecule has 0 spiro atoms. The minimum absolute atomic E-state index is 0.0892. The Labute approximate surface area is 197 Å². The summed E-state index contributed by atoms with van der Waals surface area (Å²) in [6, 6.07) is 4.90. The summed E-state index contributed by atoms with van der Waals surface area (Å²) < 4.78 is 102. The van der Waals surface area contributed by atoms with Crippen LogP contribution in [0.3, 0.4) is 0 Å². The highest BCUT2D eigenvalue weighted by atomic mass is 19.3. The summed E-state index contributed by atoms with van der Waals surface area (Å²) in [5, 5.41) is 0. The van der Waals surface area contributed by atoms with Crippen LogP contribution in [0, 0.1) is 35.0 Å². The molecular weight excluding hydrogens is 475 g/mol. The van der Waals surface area contributed by atoms with E-state index in [0.29, 0.717) is 18.1 Å². The zero-order valence-electron chi connectivity index (χ0n) is 18.5. The molecule has 1 heterocycles. The van der Waals surface area contributed by atoms with Crippen LogP contribution >= 0.6 is 0 Å². The van der Waals surface area contributed by atoms with Gasteiger partial charge in [0.1, 0.15) is 22.9 Å². The Balaban J connectivity index is 1.58. The first-order valence-electron chi connectivity index (χ1n) is 11.0. The minimum Gasteiger partial charge on any atom is -0.429 e. The van der Waals surface area contributed by atoms with Crippen LogP contribution in [-0.4, -0.2) is 4.98 Å². The molecule has 0 amide bonds. The second kappa shape index (κ2) is 9.71. The number of hydrogen-bond acceptors (Lipinski definition) is 2. The average Bonchev–Trinajstić information content (AvgIpc) is 2.81. The number of ether oxygens (including phenoxy) is 1. The fourth-order valence-electron chi connectivity index (χ4n) is 4.07.